The third-order valence-electron chi connectivity index (χ3n) is 5.52. The molecule has 0 spiro atoms. The topological polar surface area (TPSA) is 108 Å². The van der Waals surface area contributed by atoms with Crippen LogP contribution in [0.4, 0.5) is 0 Å². The molecule has 2 aromatic heterocycles. The molecule has 1 saturated carbocycles. The van der Waals surface area contributed by atoms with Crippen molar-refractivity contribution in [1.82, 2.24) is 19.4 Å². The first-order valence-corrected chi connectivity index (χ1v) is 10.6. The van der Waals surface area contributed by atoms with Crippen LogP contribution in [-0.2, 0) is 13.1 Å². The zero-order valence-electron chi connectivity index (χ0n) is 17.5. The summed E-state index contributed by atoms with van der Waals surface area (Å²) in [6.07, 6.45) is 2.62. The number of aromatic nitrogens is 3. The van der Waals surface area contributed by atoms with Crippen molar-refractivity contribution >= 4 is 16.9 Å². The minimum atomic E-state index is -0.616. The lowest BCUT2D eigenvalue weighted by Gasteiger charge is -2.23. The third-order valence-corrected chi connectivity index (χ3v) is 5.52. The number of hydrogen-bond acceptors (Lipinski definition) is 5. The first-order chi connectivity index (χ1) is 15.0. The van der Waals surface area contributed by atoms with Gasteiger partial charge in [-0.25, -0.2) is 9.78 Å². The summed E-state index contributed by atoms with van der Waals surface area (Å²) in [6.45, 7) is 2.56. The molecule has 0 aliphatic heterocycles. The molecule has 4 rings (SSSR count). The van der Waals surface area contributed by atoms with Gasteiger partial charge in [-0.3, -0.25) is 19.1 Å². The van der Waals surface area contributed by atoms with Crippen LogP contribution in [0.1, 0.15) is 53.7 Å². The molecule has 0 radical (unpaired) electrons. The number of pyridine rings is 1. The van der Waals surface area contributed by atoms with Crippen LogP contribution in [0, 0.1) is 0 Å². The molecule has 1 amide bonds. The van der Waals surface area contributed by atoms with Gasteiger partial charge in [-0.2, -0.15) is 0 Å². The fraction of sp³-hybridized carbons (Fsp3) is 0.391. The number of hydrogen-bond donors (Lipinski definition) is 2. The van der Waals surface area contributed by atoms with Crippen LogP contribution in [0.3, 0.4) is 0 Å². The van der Waals surface area contributed by atoms with Crippen LogP contribution < -0.4 is 11.2 Å². The zero-order chi connectivity index (χ0) is 22.0. The highest BCUT2D eigenvalue weighted by molar-refractivity contribution is 6.05. The summed E-state index contributed by atoms with van der Waals surface area (Å²) in [7, 11) is 0. The number of rotatable bonds is 8. The highest BCUT2D eigenvalue weighted by atomic mass is 16.3. The Morgan fingerprint density at radius 3 is 2.65 bits per heavy atom. The molecule has 8 nitrogen and oxygen atoms in total. The molecule has 8 heteroatoms. The lowest BCUT2D eigenvalue weighted by Crippen LogP contribution is -2.36. The van der Waals surface area contributed by atoms with Crippen molar-refractivity contribution < 1.29 is 9.90 Å². The first kappa shape index (κ1) is 21.0. The van der Waals surface area contributed by atoms with E-state index < -0.39 is 11.2 Å². The largest absolute Gasteiger partial charge is 0.395 e. The predicted octanol–water partition coefficient (Wildman–Crippen LogP) is 2.01. The van der Waals surface area contributed by atoms with E-state index in [1.807, 2.05) is 37.3 Å². The van der Waals surface area contributed by atoms with Crippen LogP contribution in [0.15, 0.2) is 46.0 Å². The summed E-state index contributed by atoms with van der Waals surface area (Å²) < 4.78 is 1.44. The van der Waals surface area contributed by atoms with E-state index in [4.69, 9.17) is 0 Å². The summed E-state index contributed by atoms with van der Waals surface area (Å²) in [4.78, 5) is 47.3. The van der Waals surface area contributed by atoms with Gasteiger partial charge in [-0.05, 0) is 30.9 Å². The van der Waals surface area contributed by atoms with Crippen molar-refractivity contribution in [2.75, 3.05) is 13.2 Å². The number of aliphatic hydroxyl groups is 1. The normalized spacial score (nSPS) is 13.5. The van der Waals surface area contributed by atoms with Crippen molar-refractivity contribution in [2.45, 2.75) is 45.2 Å². The number of carbonyl (C=O) groups is 1. The summed E-state index contributed by atoms with van der Waals surface area (Å²) in [5, 5.41) is 9.69. The number of nitrogens with one attached hydrogen (secondary N) is 1. The minimum absolute atomic E-state index is 0.124. The Hall–Kier alpha value is -3.26. The minimum Gasteiger partial charge on any atom is -0.395 e. The van der Waals surface area contributed by atoms with Gasteiger partial charge in [0.15, 0.2) is 5.65 Å². The second kappa shape index (κ2) is 8.85. The molecule has 31 heavy (non-hydrogen) atoms. The zero-order valence-corrected chi connectivity index (χ0v) is 17.5. The average molecular weight is 422 g/mol. The lowest BCUT2D eigenvalue weighted by molar-refractivity contribution is 0.0709. The molecule has 1 aliphatic rings. The van der Waals surface area contributed by atoms with Gasteiger partial charge >= 0.3 is 5.69 Å². The number of nitrogens with zero attached hydrogens (tertiary/aromatic N) is 3. The van der Waals surface area contributed by atoms with E-state index >= 15 is 0 Å². The molecule has 1 aliphatic carbocycles. The highest BCUT2D eigenvalue weighted by Crippen LogP contribution is 2.40. The molecule has 1 aromatic carbocycles. The van der Waals surface area contributed by atoms with Crippen molar-refractivity contribution in [3.63, 3.8) is 0 Å². The monoisotopic (exact) mass is 422 g/mol. The van der Waals surface area contributed by atoms with Gasteiger partial charge in [0.05, 0.1) is 17.6 Å². The standard InChI is InChI=1S/C23H26N4O4/c1-2-10-27-20-19(21(29)25-23(27)31)17(13-18(24-20)16-8-9-16)22(30)26(11-12-28)14-15-6-4-3-5-7-15/h3-7,13,16,28H,2,8-12,14H2,1H3,(H,25,29,31). The van der Waals surface area contributed by atoms with Gasteiger partial charge in [-0.1, -0.05) is 37.3 Å². The maximum Gasteiger partial charge on any atom is 0.329 e. The molecule has 3 aromatic rings. The van der Waals surface area contributed by atoms with Crippen molar-refractivity contribution in [1.29, 1.82) is 0 Å². The van der Waals surface area contributed by atoms with Crippen LogP contribution >= 0.6 is 0 Å². The Balaban J connectivity index is 1.88. The van der Waals surface area contributed by atoms with E-state index in [1.165, 1.54) is 9.47 Å². The fourth-order valence-corrected chi connectivity index (χ4v) is 3.83. The van der Waals surface area contributed by atoms with Gasteiger partial charge in [0.1, 0.15) is 0 Å². The first-order valence-electron chi connectivity index (χ1n) is 10.6. The van der Waals surface area contributed by atoms with E-state index in [0.717, 1.165) is 24.1 Å². The lowest BCUT2D eigenvalue weighted by atomic mass is 10.1. The average Bonchev–Trinajstić information content (AvgIpc) is 3.61. The summed E-state index contributed by atoms with van der Waals surface area (Å²) >= 11 is 0. The quantitative estimate of drug-likeness (QED) is 0.577. The van der Waals surface area contributed by atoms with Crippen molar-refractivity contribution in [3.8, 4) is 0 Å². The summed E-state index contributed by atoms with van der Waals surface area (Å²) in [5.74, 6) is -0.125. The smallest absolute Gasteiger partial charge is 0.329 e. The molecular weight excluding hydrogens is 396 g/mol. The number of aromatic amines is 1. The Morgan fingerprint density at radius 1 is 1.26 bits per heavy atom. The Bertz CT molecular complexity index is 1210. The SMILES string of the molecule is CCCn1c(=O)[nH]c(=O)c2c(C(=O)N(CCO)Cc3ccccc3)cc(C3CC3)nc21. The van der Waals surface area contributed by atoms with Crippen molar-refractivity contribution in [2.24, 2.45) is 0 Å². The van der Waals surface area contributed by atoms with E-state index in [0.29, 0.717) is 19.5 Å². The summed E-state index contributed by atoms with van der Waals surface area (Å²) in [6, 6.07) is 11.2. The van der Waals surface area contributed by atoms with Gasteiger partial charge in [0.2, 0.25) is 0 Å². The van der Waals surface area contributed by atoms with Crippen LogP contribution in [0.25, 0.3) is 11.0 Å². The molecule has 0 saturated heterocycles. The molecular formula is C23H26N4O4. The molecule has 0 bridgehead atoms. The maximum absolute atomic E-state index is 13.6. The Morgan fingerprint density at radius 2 is 2.00 bits per heavy atom. The number of amides is 1. The molecule has 0 atom stereocenters. The summed E-state index contributed by atoms with van der Waals surface area (Å²) in [5.41, 5.74) is 0.995. The van der Waals surface area contributed by atoms with Crippen LogP contribution in [0.5, 0.6) is 0 Å². The number of H-pyrrole nitrogens is 1. The number of benzene rings is 1. The predicted molar refractivity (Wildman–Crippen MR) is 117 cm³/mol. The molecule has 2 heterocycles. The van der Waals surface area contributed by atoms with Gasteiger partial charge < -0.3 is 10.0 Å². The third kappa shape index (κ3) is 4.29. The van der Waals surface area contributed by atoms with Crippen molar-refractivity contribution in [3.05, 3.63) is 74.1 Å². The Labute approximate surface area is 179 Å². The number of fused-ring (bicyclic) bond motifs is 1. The Kier molecular flexibility index (Phi) is 5.99. The fourth-order valence-electron chi connectivity index (χ4n) is 3.83. The molecule has 162 valence electrons. The second-order valence-electron chi connectivity index (χ2n) is 7.91. The van der Waals surface area contributed by atoms with Gasteiger partial charge in [0, 0.05) is 31.2 Å². The van der Waals surface area contributed by atoms with E-state index in [-0.39, 0.29) is 41.6 Å². The maximum atomic E-state index is 13.6. The van der Waals surface area contributed by atoms with Gasteiger partial charge in [0.25, 0.3) is 11.5 Å². The highest BCUT2D eigenvalue weighted by Gasteiger charge is 2.30. The van der Waals surface area contributed by atoms with E-state index in [9.17, 15) is 19.5 Å². The van der Waals surface area contributed by atoms with Gasteiger partial charge in [-0.15, -0.1) is 0 Å². The number of carbonyl (C=O) groups excluding carboxylic acids is 1. The molecule has 1 fully saturated rings. The molecule has 0 unspecified atom stereocenters. The number of aryl methyl sites for hydroxylation is 1. The van der Waals surface area contributed by atoms with Crippen LogP contribution in [-0.4, -0.2) is 43.6 Å². The number of aliphatic hydroxyl groups excluding tert-OH is 1. The van der Waals surface area contributed by atoms with E-state index in [1.54, 1.807) is 6.07 Å². The second-order valence-corrected chi connectivity index (χ2v) is 7.91. The van der Waals surface area contributed by atoms with Crippen LogP contribution in [0.2, 0.25) is 0 Å². The molecule has 2 N–H and O–H groups in total. The van der Waals surface area contributed by atoms with E-state index in [2.05, 4.69) is 9.97 Å².